The maximum atomic E-state index is 12.4. The van der Waals surface area contributed by atoms with E-state index in [9.17, 15) is 4.79 Å². The Bertz CT molecular complexity index is 643. The number of nitrogens with one attached hydrogen (secondary N) is 1. The smallest absolute Gasteiger partial charge is 0.261 e. The van der Waals surface area contributed by atoms with Crippen LogP contribution in [-0.4, -0.2) is 61.5 Å². The van der Waals surface area contributed by atoms with Gasteiger partial charge in [-0.1, -0.05) is 32.0 Å². The topological polar surface area (TPSA) is 35.6 Å². The summed E-state index contributed by atoms with van der Waals surface area (Å²) < 4.78 is 1.17. The summed E-state index contributed by atoms with van der Waals surface area (Å²) in [5.41, 5.74) is 0. The molecule has 1 amide bonds. The number of amides is 1. The number of carbonyl (C=O) groups is 1. The van der Waals surface area contributed by atoms with Crippen molar-refractivity contribution in [3.05, 3.63) is 35.2 Å². The average Bonchev–Trinajstić information content (AvgIpc) is 3.04. The molecule has 1 unspecified atom stereocenters. The molecule has 1 aliphatic heterocycles. The van der Waals surface area contributed by atoms with Crippen LogP contribution in [0.25, 0.3) is 10.1 Å². The second-order valence-electron chi connectivity index (χ2n) is 6.70. The third-order valence-electron chi connectivity index (χ3n) is 4.74. The average molecular weight is 346 g/mol. The van der Waals surface area contributed by atoms with Crippen LogP contribution in [0.1, 0.15) is 23.5 Å². The highest BCUT2D eigenvalue weighted by molar-refractivity contribution is 7.20. The Balaban J connectivity index is 1.45. The molecule has 1 aromatic heterocycles. The first-order valence-electron chi connectivity index (χ1n) is 8.87. The van der Waals surface area contributed by atoms with Crippen LogP contribution in [0.15, 0.2) is 30.3 Å². The Morgan fingerprint density at radius 3 is 2.62 bits per heavy atom. The van der Waals surface area contributed by atoms with Gasteiger partial charge in [0, 0.05) is 44.0 Å². The van der Waals surface area contributed by atoms with Crippen LogP contribution in [-0.2, 0) is 0 Å². The second kappa shape index (κ2) is 8.10. The van der Waals surface area contributed by atoms with Crippen LogP contribution in [0.5, 0.6) is 0 Å². The first-order chi connectivity index (χ1) is 11.7. The standard InChI is InChI=1S/C19H27N3OS/c1-3-21-8-10-22(11-9-21)14-15(2)13-20-19(23)18-12-16-6-4-5-7-17(16)24-18/h4-7,12,15H,3,8-11,13-14H2,1-2H3,(H,20,23). The molecule has 0 saturated carbocycles. The third kappa shape index (κ3) is 4.35. The summed E-state index contributed by atoms with van der Waals surface area (Å²) >= 11 is 1.57. The van der Waals surface area contributed by atoms with E-state index in [2.05, 4.69) is 41.1 Å². The molecule has 1 fully saturated rings. The van der Waals surface area contributed by atoms with Crippen molar-refractivity contribution in [2.45, 2.75) is 13.8 Å². The minimum atomic E-state index is 0.0545. The molecule has 1 atom stereocenters. The summed E-state index contributed by atoms with van der Waals surface area (Å²) in [5.74, 6) is 0.523. The van der Waals surface area contributed by atoms with Crippen molar-refractivity contribution in [1.29, 1.82) is 0 Å². The molecule has 1 N–H and O–H groups in total. The highest BCUT2D eigenvalue weighted by Gasteiger charge is 2.18. The van der Waals surface area contributed by atoms with Crippen molar-refractivity contribution in [2.75, 3.05) is 45.8 Å². The van der Waals surface area contributed by atoms with E-state index in [-0.39, 0.29) is 5.91 Å². The van der Waals surface area contributed by atoms with Gasteiger partial charge in [-0.2, -0.15) is 0 Å². The quantitative estimate of drug-likeness (QED) is 0.874. The number of hydrogen-bond donors (Lipinski definition) is 1. The highest BCUT2D eigenvalue weighted by atomic mass is 32.1. The van der Waals surface area contributed by atoms with E-state index in [1.807, 2.05) is 18.2 Å². The van der Waals surface area contributed by atoms with E-state index in [0.29, 0.717) is 5.92 Å². The van der Waals surface area contributed by atoms with Gasteiger partial charge in [0.2, 0.25) is 0 Å². The summed E-state index contributed by atoms with van der Waals surface area (Å²) in [5, 5.41) is 4.25. The fourth-order valence-corrected chi connectivity index (χ4v) is 4.22. The Morgan fingerprint density at radius 2 is 1.92 bits per heavy atom. The molecule has 2 aromatic rings. The molecule has 130 valence electrons. The molecule has 1 saturated heterocycles. The molecule has 24 heavy (non-hydrogen) atoms. The van der Waals surface area contributed by atoms with Gasteiger partial charge in [0.25, 0.3) is 5.91 Å². The van der Waals surface area contributed by atoms with E-state index in [1.54, 1.807) is 11.3 Å². The van der Waals surface area contributed by atoms with Crippen LogP contribution >= 0.6 is 11.3 Å². The fraction of sp³-hybridized carbons (Fsp3) is 0.526. The largest absolute Gasteiger partial charge is 0.351 e. The number of rotatable bonds is 6. The number of likely N-dealkylation sites (N-methyl/N-ethyl adjacent to an activating group) is 1. The van der Waals surface area contributed by atoms with Crippen molar-refractivity contribution in [3.8, 4) is 0 Å². The van der Waals surface area contributed by atoms with Gasteiger partial charge in [0.15, 0.2) is 0 Å². The summed E-state index contributed by atoms with van der Waals surface area (Å²) in [6.07, 6.45) is 0. The number of thiophene rings is 1. The predicted molar refractivity (Wildman–Crippen MR) is 102 cm³/mol. The molecule has 5 heteroatoms. The summed E-state index contributed by atoms with van der Waals surface area (Å²) in [7, 11) is 0. The normalized spacial score (nSPS) is 17.9. The van der Waals surface area contributed by atoms with E-state index in [0.717, 1.165) is 56.1 Å². The van der Waals surface area contributed by atoms with Crippen molar-refractivity contribution in [3.63, 3.8) is 0 Å². The number of benzene rings is 1. The Hall–Kier alpha value is -1.43. The lowest BCUT2D eigenvalue weighted by molar-refractivity contribution is 0.0937. The fourth-order valence-electron chi connectivity index (χ4n) is 3.24. The molecule has 0 aliphatic carbocycles. The summed E-state index contributed by atoms with van der Waals surface area (Å²) in [6.45, 7) is 12.0. The minimum absolute atomic E-state index is 0.0545. The molecule has 1 aliphatic rings. The zero-order valence-electron chi connectivity index (χ0n) is 14.6. The zero-order chi connectivity index (χ0) is 16.9. The molecular weight excluding hydrogens is 318 g/mol. The van der Waals surface area contributed by atoms with Crippen molar-refractivity contribution in [2.24, 2.45) is 5.92 Å². The van der Waals surface area contributed by atoms with Gasteiger partial charge >= 0.3 is 0 Å². The van der Waals surface area contributed by atoms with Gasteiger partial charge in [-0.25, -0.2) is 0 Å². The number of fused-ring (bicyclic) bond motifs is 1. The van der Waals surface area contributed by atoms with E-state index < -0.39 is 0 Å². The molecule has 4 nitrogen and oxygen atoms in total. The SMILES string of the molecule is CCN1CCN(CC(C)CNC(=O)c2cc3ccccc3s2)CC1. The van der Waals surface area contributed by atoms with Crippen LogP contribution in [0, 0.1) is 5.92 Å². The molecule has 2 heterocycles. The second-order valence-corrected chi connectivity index (χ2v) is 7.78. The predicted octanol–water partition coefficient (Wildman–Crippen LogP) is 2.90. The van der Waals surface area contributed by atoms with Gasteiger partial charge in [-0.3, -0.25) is 4.79 Å². The lowest BCUT2D eigenvalue weighted by Crippen LogP contribution is -2.48. The minimum Gasteiger partial charge on any atom is -0.351 e. The summed E-state index contributed by atoms with van der Waals surface area (Å²) in [6, 6.07) is 10.1. The van der Waals surface area contributed by atoms with Gasteiger partial charge < -0.3 is 15.1 Å². The maximum Gasteiger partial charge on any atom is 0.261 e. The van der Waals surface area contributed by atoms with Crippen LogP contribution < -0.4 is 5.32 Å². The van der Waals surface area contributed by atoms with Crippen molar-refractivity contribution in [1.82, 2.24) is 15.1 Å². The Morgan fingerprint density at radius 1 is 1.21 bits per heavy atom. The lowest BCUT2D eigenvalue weighted by atomic mass is 10.1. The van der Waals surface area contributed by atoms with Crippen LogP contribution in [0.4, 0.5) is 0 Å². The number of nitrogens with zero attached hydrogens (tertiary/aromatic N) is 2. The molecule has 0 bridgehead atoms. The van der Waals surface area contributed by atoms with Crippen LogP contribution in [0.3, 0.4) is 0 Å². The first-order valence-corrected chi connectivity index (χ1v) is 9.69. The molecular formula is C19H27N3OS. The molecule has 1 aromatic carbocycles. The van der Waals surface area contributed by atoms with Crippen LogP contribution in [0.2, 0.25) is 0 Å². The zero-order valence-corrected chi connectivity index (χ0v) is 15.4. The molecule has 3 rings (SSSR count). The maximum absolute atomic E-state index is 12.4. The summed E-state index contributed by atoms with van der Waals surface area (Å²) in [4.78, 5) is 18.2. The first kappa shape index (κ1) is 17.4. The van der Waals surface area contributed by atoms with E-state index in [1.165, 1.54) is 4.70 Å². The van der Waals surface area contributed by atoms with Crippen molar-refractivity contribution < 1.29 is 4.79 Å². The van der Waals surface area contributed by atoms with Gasteiger partial charge in [-0.15, -0.1) is 11.3 Å². The molecule has 0 spiro atoms. The van der Waals surface area contributed by atoms with E-state index >= 15 is 0 Å². The lowest BCUT2D eigenvalue weighted by Gasteiger charge is -2.35. The van der Waals surface area contributed by atoms with Gasteiger partial charge in [0.05, 0.1) is 4.88 Å². The van der Waals surface area contributed by atoms with E-state index in [4.69, 9.17) is 0 Å². The van der Waals surface area contributed by atoms with Gasteiger partial charge in [-0.05, 0) is 30.0 Å². The third-order valence-corrected chi connectivity index (χ3v) is 5.86. The Kier molecular flexibility index (Phi) is 5.87. The van der Waals surface area contributed by atoms with Crippen molar-refractivity contribution >= 4 is 27.3 Å². The molecule has 0 radical (unpaired) electrons. The highest BCUT2D eigenvalue weighted by Crippen LogP contribution is 2.25. The monoisotopic (exact) mass is 345 g/mol. The number of piperazine rings is 1. The number of hydrogen-bond acceptors (Lipinski definition) is 4. The Labute approximate surface area is 148 Å². The van der Waals surface area contributed by atoms with Gasteiger partial charge in [0.1, 0.15) is 0 Å². The number of carbonyl (C=O) groups excluding carboxylic acids is 1.